The van der Waals surface area contributed by atoms with Crippen LogP contribution in [0.3, 0.4) is 0 Å². The van der Waals surface area contributed by atoms with Gasteiger partial charge in [-0.3, -0.25) is 0 Å². The standard InChI is InChI=1S/C17H40O3Si2/c1-12-18-15(13-19-21(8,9)16(2,3)4)14-20-22(10,11)17(5,6)7/h15H,12-14H2,1-11H3. The lowest BCUT2D eigenvalue weighted by Crippen LogP contribution is -2.46. The predicted octanol–water partition coefficient (Wildman–Crippen LogP) is 5.44. The lowest BCUT2D eigenvalue weighted by atomic mass is 10.2. The van der Waals surface area contributed by atoms with Gasteiger partial charge in [0.05, 0.1) is 13.2 Å². The van der Waals surface area contributed by atoms with Crippen LogP contribution in [-0.2, 0) is 13.6 Å². The van der Waals surface area contributed by atoms with E-state index in [1.807, 2.05) is 6.92 Å². The zero-order valence-corrected chi connectivity index (χ0v) is 18.9. The highest BCUT2D eigenvalue weighted by molar-refractivity contribution is 6.74. The smallest absolute Gasteiger partial charge is 0.192 e. The van der Waals surface area contributed by atoms with Crippen LogP contribution < -0.4 is 0 Å². The van der Waals surface area contributed by atoms with E-state index in [9.17, 15) is 0 Å². The molecular formula is C17H40O3Si2. The summed E-state index contributed by atoms with van der Waals surface area (Å²) in [5.41, 5.74) is 0. The number of ether oxygens (including phenoxy) is 1. The SMILES string of the molecule is CCOC(CO[Si](C)(C)C(C)(C)C)CO[Si](C)(C)C(C)(C)C. The van der Waals surface area contributed by atoms with Crippen molar-refractivity contribution < 1.29 is 13.6 Å². The molecule has 0 amide bonds. The van der Waals surface area contributed by atoms with Crippen molar-refractivity contribution in [1.29, 1.82) is 0 Å². The second-order valence-corrected chi connectivity index (χ2v) is 18.8. The lowest BCUT2D eigenvalue weighted by Gasteiger charge is -2.39. The summed E-state index contributed by atoms with van der Waals surface area (Å²) in [6.45, 7) is 26.7. The summed E-state index contributed by atoms with van der Waals surface area (Å²) in [4.78, 5) is 0. The molecule has 0 aliphatic carbocycles. The molecule has 0 aromatic carbocycles. The predicted molar refractivity (Wildman–Crippen MR) is 102 cm³/mol. The van der Waals surface area contributed by atoms with E-state index in [1.165, 1.54) is 0 Å². The third-order valence-electron chi connectivity index (χ3n) is 5.27. The first-order valence-corrected chi connectivity index (χ1v) is 14.4. The highest BCUT2D eigenvalue weighted by atomic mass is 28.4. The van der Waals surface area contributed by atoms with Crippen LogP contribution in [0.2, 0.25) is 36.3 Å². The Morgan fingerprint density at radius 1 is 0.727 bits per heavy atom. The van der Waals surface area contributed by atoms with Gasteiger partial charge < -0.3 is 13.6 Å². The monoisotopic (exact) mass is 348 g/mol. The molecule has 0 rings (SSSR count). The Morgan fingerprint density at radius 3 is 1.27 bits per heavy atom. The Labute approximate surface area is 141 Å². The van der Waals surface area contributed by atoms with Crippen LogP contribution in [0.15, 0.2) is 0 Å². The van der Waals surface area contributed by atoms with Crippen LogP contribution in [0.4, 0.5) is 0 Å². The van der Waals surface area contributed by atoms with E-state index in [-0.39, 0.29) is 16.2 Å². The van der Waals surface area contributed by atoms with Crippen LogP contribution in [0, 0.1) is 0 Å². The van der Waals surface area contributed by atoms with Crippen LogP contribution in [0.5, 0.6) is 0 Å². The molecule has 0 radical (unpaired) electrons. The Balaban J connectivity index is 4.64. The summed E-state index contributed by atoms with van der Waals surface area (Å²) in [7, 11) is -3.46. The van der Waals surface area contributed by atoms with Gasteiger partial charge in [-0.05, 0) is 43.2 Å². The van der Waals surface area contributed by atoms with E-state index in [2.05, 4.69) is 67.7 Å². The molecule has 0 aromatic heterocycles. The molecule has 134 valence electrons. The molecule has 0 aliphatic heterocycles. The van der Waals surface area contributed by atoms with Crippen molar-refractivity contribution >= 4 is 16.6 Å². The Kier molecular flexibility index (Phi) is 8.04. The first-order chi connectivity index (χ1) is 9.64. The molecule has 0 fully saturated rings. The van der Waals surface area contributed by atoms with E-state index in [1.54, 1.807) is 0 Å². The quantitative estimate of drug-likeness (QED) is 0.547. The maximum Gasteiger partial charge on any atom is 0.192 e. The molecule has 0 bridgehead atoms. The van der Waals surface area contributed by atoms with E-state index in [0.717, 1.165) is 0 Å². The van der Waals surface area contributed by atoms with Crippen LogP contribution >= 0.6 is 0 Å². The summed E-state index contributed by atoms with van der Waals surface area (Å²) in [5, 5.41) is 0.452. The van der Waals surface area contributed by atoms with Gasteiger partial charge in [-0.2, -0.15) is 0 Å². The van der Waals surface area contributed by atoms with Crippen molar-refractivity contribution in [3.05, 3.63) is 0 Å². The summed E-state index contributed by atoms with van der Waals surface area (Å²) >= 11 is 0. The van der Waals surface area contributed by atoms with Gasteiger partial charge in [0.25, 0.3) is 0 Å². The van der Waals surface area contributed by atoms with Gasteiger partial charge in [-0.15, -0.1) is 0 Å². The molecule has 0 N–H and O–H groups in total. The molecule has 22 heavy (non-hydrogen) atoms. The number of rotatable bonds is 8. The van der Waals surface area contributed by atoms with Gasteiger partial charge in [0.1, 0.15) is 6.10 Å². The zero-order valence-electron chi connectivity index (χ0n) is 16.9. The van der Waals surface area contributed by atoms with Gasteiger partial charge in [0.15, 0.2) is 16.6 Å². The fraction of sp³-hybridized carbons (Fsp3) is 1.00. The van der Waals surface area contributed by atoms with Crippen LogP contribution in [0.25, 0.3) is 0 Å². The van der Waals surface area contributed by atoms with Crippen molar-refractivity contribution in [2.45, 2.75) is 90.8 Å². The van der Waals surface area contributed by atoms with Crippen LogP contribution in [-0.4, -0.2) is 42.6 Å². The van der Waals surface area contributed by atoms with Crippen LogP contribution in [0.1, 0.15) is 48.5 Å². The molecule has 5 heteroatoms. The summed E-state index contributed by atoms with van der Waals surface area (Å²) in [6, 6.07) is 0. The molecule has 0 saturated carbocycles. The van der Waals surface area contributed by atoms with Gasteiger partial charge in [-0.25, -0.2) is 0 Å². The molecule has 0 unspecified atom stereocenters. The lowest BCUT2D eigenvalue weighted by molar-refractivity contribution is -0.00750. The Bertz CT molecular complexity index is 298. The Morgan fingerprint density at radius 2 is 1.05 bits per heavy atom. The average molecular weight is 349 g/mol. The minimum Gasteiger partial charge on any atom is -0.414 e. The molecule has 0 aromatic rings. The second kappa shape index (κ2) is 7.92. The van der Waals surface area contributed by atoms with Crippen molar-refractivity contribution in [3.63, 3.8) is 0 Å². The molecule has 0 spiro atoms. The van der Waals surface area contributed by atoms with E-state index in [0.29, 0.717) is 19.8 Å². The maximum absolute atomic E-state index is 6.31. The van der Waals surface area contributed by atoms with Gasteiger partial charge >= 0.3 is 0 Å². The molecule has 0 saturated heterocycles. The minimum atomic E-state index is -1.73. The maximum atomic E-state index is 6.31. The minimum absolute atomic E-state index is 0.0354. The molecule has 0 heterocycles. The summed E-state index contributed by atoms with van der Waals surface area (Å²) in [6.07, 6.45) is 0.0354. The third-order valence-corrected chi connectivity index (χ3v) is 14.3. The fourth-order valence-electron chi connectivity index (χ4n) is 1.42. The second-order valence-electron chi connectivity index (χ2n) is 9.22. The Hall–Kier alpha value is 0.314. The van der Waals surface area contributed by atoms with Gasteiger partial charge in [0.2, 0.25) is 0 Å². The van der Waals surface area contributed by atoms with Gasteiger partial charge in [0, 0.05) is 6.61 Å². The molecule has 0 atom stereocenters. The average Bonchev–Trinajstić information content (AvgIpc) is 2.30. The molecule has 0 aliphatic rings. The first-order valence-electron chi connectivity index (χ1n) is 8.53. The van der Waals surface area contributed by atoms with E-state index in [4.69, 9.17) is 13.6 Å². The topological polar surface area (TPSA) is 27.7 Å². The number of hydrogen-bond donors (Lipinski definition) is 0. The van der Waals surface area contributed by atoms with E-state index >= 15 is 0 Å². The third kappa shape index (κ3) is 6.83. The van der Waals surface area contributed by atoms with Gasteiger partial charge in [-0.1, -0.05) is 41.5 Å². The van der Waals surface area contributed by atoms with E-state index < -0.39 is 16.6 Å². The van der Waals surface area contributed by atoms with Crippen molar-refractivity contribution in [2.75, 3.05) is 19.8 Å². The largest absolute Gasteiger partial charge is 0.414 e. The summed E-state index contributed by atoms with van der Waals surface area (Å²) < 4.78 is 18.5. The highest BCUT2D eigenvalue weighted by Crippen LogP contribution is 2.38. The van der Waals surface area contributed by atoms with Crippen molar-refractivity contribution in [1.82, 2.24) is 0 Å². The first kappa shape index (κ1) is 22.3. The summed E-state index contributed by atoms with van der Waals surface area (Å²) in [5.74, 6) is 0. The van der Waals surface area contributed by atoms with Crippen molar-refractivity contribution in [3.8, 4) is 0 Å². The molecular weight excluding hydrogens is 308 g/mol. The number of hydrogen-bond acceptors (Lipinski definition) is 3. The normalized spacial score (nSPS) is 14.7. The zero-order chi connectivity index (χ0) is 17.8. The molecule has 3 nitrogen and oxygen atoms in total. The highest BCUT2D eigenvalue weighted by Gasteiger charge is 2.39. The van der Waals surface area contributed by atoms with Crippen molar-refractivity contribution in [2.24, 2.45) is 0 Å². The fourth-order valence-corrected chi connectivity index (χ4v) is 3.49.